The van der Waals surface area contributed by atoms with Crippen molar-refractivity contribution in [1.29, 1.82) is 0 Å². The van der Waals surface area contributed by atoms with Crippen molar-refractivity contribution in [2.24, 2.45) is 10.9 Å². The van der Waals surface area contributed by atoms with Gasteiger partial charge in [-0.25, -0.2) is 22.4 Å². The van der Waals surface area contributed by atoms with Crippen LogP contribution >= 0.6 is 24.0 Å². The average molecular weight is 518 g/mol. The van der Waals surface area contributed by atoms with Crippen LogP contribution in [-0.4, -0.2) is 32.0 Å². The van der Waals surface area contributed by atoms with Gasteiger partial charge in [-0.15, -0.1) is 12.4 Å². The molecule has 4 rings (SSSR count). The van der Waals surface area contributed by atoms with Gasteiger partial charge in [0.05, 0.1) is 18.2 Å². The Kier molecular flexibility index (Phi) is 8.22. The van der Waals surface area contributed by atoms with Crippen LogP contribution in [0.3, 0.4) is 0 Å². The molecule has 11 heteroatoms. The molecule has 2 aliphatic heterocycles. The van der Waals surface area contributed by atoms with Gasteiger partial charge in [-0.3, -0.25) is 4.99 Å². The van der Waals surface area contributed by atoms with Gasteiger partial charge in [-0.05, 0) is 38.1 Å². The zero-order valence-electron chi connectivity index (χ0n) is 17.9. The number of amidine groups is 1. The topological polar surface area (TPSA) is 62.7 Å². The summed E-state index contributed by atoms with van der Waals surface area (Å²) in [5.41, 5.74) is 0.188. The van der Waals surface area contributed by atoms with Crippen molar-refractivity contribution in [3.63, 3.8) is 0 Å². The molecule has 1 saturated heterocycles. The second-order valence-corrected chi connectivity index (χ2v) is 8.17. The number of rotatable bonds is 4. The highest BCUT2D eigenvalue weighted by atomic mass is 35.5. The van der Waals surface area contributed by atoms with E-state index < -0.39 is 40.8 Å². The maximum Gasteiger partial charge on any atom is 0.338 e. The monoisotopic (exact) mass is 517 g/mol. The quantitative estimate of drug-likeness (QED) is 0.450. The van der Waals surface area contributed by atoms with Crippen LogP contribution in [0.5, 0.6) is 0 Å². The molecule has 2 heterocycles. The third kappa shape index (κ3) is 5.06. The van der Waals surface area contributed by atoms with Crippen LogP contribution in [0.25, 0.3) is 0 Å². The zero-order valence-corrected chi connectivity index (χ0v) is 19.5. The summed E-state index contributed by atoms with van der Waals surface area (Å²) < 4.78 is 61.5. The fraction of sp³-hybridized carbons (Fsp3) is 0.304. The van der Waals surface area contributed by atoms with E-state index in [-0.39, 0.29) is 40.3 Å². The number of ether oxygens (including phenoxy) is 1. The normalized spacial score (nSPS) is 18.6. The van der Waals surface area contributed by atoms with Gasteiger partial charge in [0.25, 0.3) is 0 Å². The molecule has 1 atom stereocenters. The van der Waals surface area contributed by atoms with Gasteiger partial charge in [0.2, 0.25) is 0 Å². The van der Waals surface area contributed by atoms with E-state index in [2.05, 4.69) is 15.6 Å². The Bertz CT molecular complexity index is 1140. The maximum absolute atomic E-state index is 14.7. The van der Waals surface area contributed by atoms with Gasteiger partial charge in [-0.1, -0.05) is 17.7 Å². The molecule has 0 bridgehead atoms. The van der Waals surface area contributed by atoms with Gasteiger partial charge >= 0.3 is 5.97 Å². The summed E-state index contributed by atoms with van der Waals surface area (Å²) >= 11 is 6.27. The molecule has 34 heavy (non-hydrogen) atoms. The van der Waals surface area contributed by atoms with Gasteiger partial charge in [0, 0.05) is 34.3 Å². The first-order chi connectivity index (χ1) is 15.8. The van der Waals surface area contributed by atoms with Gasteiger partial charge in [0.1, 0.15) is 35.1 Å². The maximum atomic E-state index is 14.7. The number of nitrogens with one attached hydrogen (secondary N) is 2. The molecule has 1 unspecified atom stereocenters. The average Bonchev–Trinajstić information content (AvgIpc) is 2.78. The highest BCUT2D eigenvalue weighted by molar-refractivity contribution is 6.31. The van der Waals surface area contributed by atoms with E-state index in [9.17, 15) is 22.4 Å². The molecule has 0 aliphatic carbocycles. The predicted octanol–water partition coefficient (Wildman–Crippen LogP) is 4.84. The number of benzene rings is 2. The second kappa shape index (κ2) is 10.8. The summed E-state index contributed by atoms with van der Waals surface area (Å²) in [5.74, 6) is -5.10. The number of halogens is 6. The van der Waals surface area contributed by atoms with Crippen LogP contribution < -0.4 is 10.6 Å². The first-order valence-electron chi connectivity index (χ1n) is 10.3. The summed E-state index contributed by atoms with van der Waals surface area (Å²) in [4.78, 5) is 17.3. The van der Waals surface area contributed by atoms with Gasteiger partial charge in [0.15, 0.2) is 0 Å². The minimum absolute atomic E-state index is 0. The van der Waals surface area contributed by atoms with Crippen molar-refractivity contribution in [2.75, 3.05) is 20.2 Å². The Hall–Kier alpha value is -2.62. The molecule has 2 aromatic rings. The molecule has 2 N–H and O–H groups in total. The number of nitrogens with zero attached hydrogens (tertiary/aromatic N) is 1. The van der Waals surface area contributed by atoms with Gasteiger partial charge in [-0.2, -0.15) is 0 Å². The van der Waals surface area contributed by atoms with E-state index >= 15 is 0 Å². The smallest absolute Gasteiger partial charge is 0.338 e. The number of allylic oxidation sites excluding steroid dienone is 1. The molecule has 0 radical (unpaired) electrons. The molecule has 182 valence electrons. The van der Waals surface area contributed by atoms with Crippen LogP contribution in [0.2, 0.25) is 5.02 Å². The first kappa shape index (κ1) is 26.0. The van der Waals surface area contributed by atoms with E-state index in [1.54, 1.807) is 0 Å². The first-order valence-corrected chi connectivity index (χ1v) is 10.7. The zero-order chi connectivity index (χ0) is 23.7. The Morgan fingerprint density at radius 3 is 2.29 bits per heavy atom. The summed E-state index contributed by atoms with van der Waals surface area (Å²) in [6, 6.07) is 3.53. The van der Waals surface area contributed by atoms with Crippen LogP contribution in [0, 0.1) is 29.2 Å². The molecular weight excluding hydrogens is 497 g/mol. The summed E-state index contributed by atoms with van der Waals surface area (Å²) in [6.07, 6.45) is 1.27. The van der Waals surface area contributed by atoms with Crippen LogP contribution in [0.1, 0.15) is 30.0 Å². The molecule has 5 nitrogen and oxygen atoms in total. The number of hydrogen-bond acceptors (Lipinski definition) is 5. The SMILES string of the molecule is COC(=O)C1=C(C2CCNCC2)NC(c2c(F)cc(F)cc2F)=NC1c1ccc(F)cc1Cl.Cl. The molecule has 2 aliphatic rings. The minimum atomic E-state index is -1.16. The Morgan fingerprint density at radius 1 is 1.06 bits per heavy atom. The lowest BCUT2D eigenvalue weighted by molar-refractivity contribution is -0.136. The van der Waals surface area contributed by atoms with Crippen LogP contribution in [0.15, 0.2) is 46.6 Å². The van der Waals surface area contributed by atoms with E-state index in [0.717, 1.165) is 12.1 Å². The second-order valence-electron chi connectivity index (χ2n) is 7.76. The minimum Gasteiger partial charge on any atom is -0.466 e. The van der Waals surface area contributed by atoms with E-state index in [1.165, 1.54) is 13.2 Å². The van der Waals surface area contributed by atoms with Crippen molar-refractivity contribution >= 4 is 35.8 Å². The lowest BCUT2D eigenvalue weighted by atomic mass is 9.86. The highest BCUT2D eigenvalue weighted by Gasteiger charge is 2.37. The lowest BCUT2D eigenvalue weighted by Crippen LogP contribution is -2.40. The number of carbonyl (C=O) groups excluding carboxylic acids is 1. The number of hydrogen-bond donors (Lipinski definition) is 2. The molecule has 2 aromatic carbocycles. The Balaban J connectivity index is 0.00000324. The molecule has 0 saturated carbocycles. The fourth-order valence-corrected chi connectivity index (χ4v) is 4.45. The molecular formula is C23H21Cl2F4N3O2. The fourth-order valence-electron chi connectivity index (χ4n) is 4.18. The standard InChI is InChI=1S/C23H20ClF4N3O2.ClH/c1-33-23(32)19-20(11-4-6-29-7-5-11)30-22(18-16(27)9-13(26)10-17(18)28)31-21(19)14-3-2-12(25)8-15(14)24;/h2-3,8-11,21,29H,4-7H2,1H3,(H,30,31);1H. The summed E-state index contributed by atoms with van der Waals surface area (Å²) in [5, 5.41) is 6.12. The third-order valence-corrected chi connectivity index (χ3v) is 6.06. The van der Waals surface area contributed by atoms with E-state index in [0.29, 0.717) is 43.8 Å². The molecule has 0 spiro atoms. The largest absolute Gasteiger partial charge is 0.466 e. The number of piperidine rings is 1. The summed E-state index contributed by atoms with van der Waals surface area (Å²) in [7, 11) is 1.21. The lowest BCUT2D eigenvalue weighted by Gasteiger charge is -2.33. The van der Waals surface area contributed by atoms with E-state index in [4.69, 9.17) is 16.3 Å². The molecule has 1 fully saturated rings. The van der Waals surface area contributed by atoms with Crippen LogP contribution in [-0.2, 0) is 9.53 Å². The number of carbonyl (C=O) groups is 1. The Labute approximate surface area is 204 Å². The number of esters is 1. The Morgan fingerprint density at radius 2 is 1.71 bits per heavy atom. The molecule has 0 amide bonds. The van der Waals surface area contributed by atoms with Crippen molar-refractivity contribution in [3.8, 4) is 0 Å². The van der Waals surface area contributed by atoms with Crippen molar-refractivity contribution in [1.82, 2.24) is 10.6 Å². The van der Waals surface area contributed by atoms with E-state index in [1.807, 2.05) is 0 Å². The number of aliphatic imine (C=N–C) groups is 1. The third-order valence-electron chi connectivity index (χ3n) is 5.73. The predicted molar refractivity (Wildman–Crippen MR) is 122 cm³/mol. The van der Waals surface area contributed by atoms with Crippen molar-refractivity contribution < 1.29 is 27.1 Å². The summed E-state index contributed by atoms with van der Waals surface area (Å²) in [6.45, 7) is 1.33. The molecule has 0 aromatic heterocycles. The van der Waals surface area contributed by atoms with Crippen LogP contribution in [0.4, 0.5) is 17.6 Å². The van der Waals surface area contributed by atoms with Crippen molar-refractivity contribution in [2.45, 2.75) is 18.9 Å². The highest BCUT2D eigenvalue weighted by Crippen LogP contribution is 2.39. The number of methoxy groups -OCH3 is 1. The van der Waals surface area contributed by atoms with Gasteiger partial charge < -0.3 is 15.4 Å². The van der Waals surface area contributed by atoms with Crippen molar-refractivity contribution in [3.05, 3.63) is 81.0 Å².